The van der Waals surface area contributed by atoms with Crippen LogP contribution >= 0.6 is 0 Å². The lowest BCUT2D eigenvalue weighted by molar-refractivity contribution is 0.588. The summed E-state index contributed by atoms with van der Waals surface area (Å²) in [6.07, 6.45) is 1.69. The Bertz CT molecular complexity index is 2010. The van der Waals surface area contributed by atoms with Gasteiger partial charge in [-0.05, 0) is 55.6 Å². The van der Waals surface area contributed by atoms with Crippen LogP contribution in [-0.4, -0.2) is 39.1 Å². The molecule has 11 heteroatoms. The third-order valence-corrected chi connectivity index (χ3v) is 8.03. The average Bonchev–Trinajstić information content (AvgIpc) is 3.53. The molecule has 2 N–H and O–H groups in total. The van der Waals surface area contributed by atoms with Gasteiger partial charge in [-0.2, -0.15) is 0 Å². The summed E-state index contributed by atoms with van der Waals surface area (Å²) >= 11 is 0. The molecule has 3 heterocycles. The summed E-state index contributed by atoms with van der Waals surface area (Å²) in [6.45, 7) is 0. The van der Waals surface area contributed by atoms with E-state index in [1.54, 1.807) is 52.2 Å². The predicted octanol–water partition coefficient (Wildman–Crippen LogP) is 3.41. The minimum Gasteiger partial charge on any atom is -0.360 e. The van der Waals surface area contributed by atoms with Gasteiger partial charge in [0.25, 0.3) is 0 Å². The van der Waals surface area contributed by atoms with E-state index in [0.717, 1.165) is 5.52 Å². The van der Waals surface area contributed by atoms with E-state index < -0.39 is 15.8 Å². The smallest absolute Gasteiger partial charge is 0.328 e. The van der Waals surface area contributed by atoms with Crippen LogP contribution in [0.2, 0.25) is 0 Å². The quantitative estimate of drug-likeness (QED) is 0.384. The predicted molar refractivity (Wildman–Crippen MR) is 136 cm³/mol. The highest BCUT2D eigenvalue weighted by molar-refractivity contribution is 7.89. The lowest BCUT2D eigenvalue weighted by atomic mass is 10.1. The SMILES string of the molecule is CNS(=O)(=O)c1ccc2nc(-c3c[nH]c4cccc(F)c34)n(-c3ccc4c(c3)n(C)c(=O)n4C)c2c1. The average molecular weight is 505 g/mol. The summed E-state index contributed by atoms with van der Waals surface area (Å²) in [6, 6.07) is 14.9. The first-order valence-corrected chi connectivity index (χ1v) is 12.6. The summed E-state index contributed by atoms with van der Waals surface area (Å²) in [4.78, 5) is 20.5. The van der Waals surface area contributed by atoms with Gasteiger partial charge in [0.05, 0.1) is 27.0 Å². The lowest BCUT2D eigenvalue weighted by Gasteiger charge is -2.11. The molecule has 0 saturated heterocycles. The second-order valence-corrected chi connectivity index (χ2v) is 10.5. The van der Waals surface area contributed by atoms with Crippen LogP contribution in [0.5, 0.6) is 0 Å². The first-order valence-electron chi connectivity index (χ1n) is 11.1. The highest BCUT2D eigenvalue weighted by Gasteiger charge is 2.22. The third kappa shape index (κ3) is 3.06. The Labute approximate surface area is 204 Å². The number of halogens is 1. The second kappa shape index (κ2) is 7.64. The Balaban J connectivity index is 1.74. The van der Waals surface area contributed by atoms with Crippen LogP contribution in [0.4, 0.5) is 4.39 Å². The first-order chi connectivity index (χ1) is 17.2. The van der Waals surface area contributed by atoms with Crippen molar-refractivity contribution < 1.29 is 12.8 Å². The molecule has 0 aliphatic heterocycles. The molecule has 0 atom stereocenters. The van der Waals surface area contributed by atoms with E-state index in [-0.39, 0.29) is 10.6 Å². The maximum atomic E-state index is 14.9. The zero-order valence-electron chi connectivity index (χ0n) is 19.6. The maximum Gasteiger partial charge on any atom is 0.328 e. The molecule has 6 rings (SSSR count). The van der Waals surface area contributed by atoms with E-state index in [2.05, 4.69) is 9.71 Å². The van der Waals surface area contributed by atoms with Crippen molar-refractivity contribution in [2.24, 2.45) is 14.1 Å². The van der Waals surface area contributed by atoms with Crippen molar-refractivity contribution in [2.75, 3.05) is 7.05 Å². The summed E-state index contributed by atoms with van der Waals surface area (Å²) in [5, 5.41) is 0.380. The van der Waals surface area contributed by atoms with Crippen LogP contribution in [0.15, 0.2) is 70.5 Å². The number of imidazole rings is 2. The van der Waals surface area contributed by atoms with Gasteiger partial charge < -0.3 is 4.98 Å². The number of benzene rings is 3. The zero-order valence-corrected chi connectivity index (χ0v) is 20.4. The van der Waals surface area contributed by atoms with Crippen molar-refractivity contribution >= 4 is 43.0 Å². The molecular formula is C25H21FN6O3S. The van der Waals surface area contributed by atoms with Crippen molar-refractivity contribution in [1.82, 2.24) is 28.4 Å². The standard InChI is InChI=1S/C25H21FN6O3S/c1-27-36(34,35)15-8-9-18-21(12-15)32(14-7-10-20-22(11-14)31(3)25(33)30(20)2)24(29-18)16-13-28-19-6-4-5-17(26)23(16)19/h4-13,27-28H,1-3H3. The number of fused-ring (bicyclic) bond motifs is 3. The molecular weight excluding hydrogens is 483 g/mol. The van der Waals surface area contributed by atoms with E-state index >= 15 is 0 Å². The molecule has 0 bridgehead atoms. The number of hydrogen-bond acceptors (Lipinski definition) is 4. The fourth-order valence-electron chi connectivity index (χ4n) is 4.73. The van der Waals surface area contributed by atoms with Crippen molar-refractivity contribution in [1.29, 1.82) is 0 Å². The Hall–Kier alpha value is -4.22. The fraction of sp³-hybridized carbons (Fsp3) is 0.120. The van der Waals surface area contributed by atoms with E-state index in [4.69, 9.17) is 4.98 Å². The van der Waals surface area contributed by atoms with Crippen LogP contribution in [0.25, 0.3) is 50.0 Å². The van der Waals surface area contributed by atoms with E-state index in [0.29, 0.717) is 44.5 Å². The van der Waals surface area contributed by atoms with Gasteiger partial charge in [0.1, 0.15) is 11.6 Å². The van der Waals surface area contributed by atoms with Crippen LogP contribution in [0, 0.1) is 5.82 Å². The highest BCUT2D eigenvalue weighted by atomic mass is 32.2. The number of sulfonamides is 1. The molecule has 0 aliphatic rings. The summed E-state index contributed by atoms with van der Waals surface area (Å²) < 4.78 is 47.3. The number of rotatable bonds is 4. The Kier molecular flexibility index (Phi) is 4.72. The van der Waals surface area contributed by atoms with Gasteiger partial charge in [0.15, 0.2) is 0 Å². The molecule has 3 aromatic carbocycles. The molecule has 6 aromatic rings. The molecule has 0 fully saturated rings. The number of nitrogens with one attached hydrogen (secondary N) is 2. The molecule has 0 aliphatic carbocycles. The van der Waals surface area contributed by atoms with Crippen molar-refractivity contribution in [2.45, 2.75) is 4.90 Å². The second-order valence-electron chi connectivity index (χ2n) is 8.57. The van der Waals surface area contributed by atoms with Gasteiger partial charge >= 0.3 is 5.69 Å². The summed E-state index contributed by atoms with van der Waals surface area (Å²) in [5.41, 5.74) is 4.11. The topological polar surface area (TPSA) is 107 Å². The minimum atomic E-state index is -3.72. The number of aromatic nitrogens is 5. The number of hydrogen-bond donors (Lipinski definition) is 2. The van der Waals surface area contributed by atoms with E-state index in [9.17, 15) is 17.6 Å². The van der Waals surface area contributed by atoms with Crippen molar-refractivity contribution in [3.05, 3.63) is 77.1 Å². The van der Waals surface area contributed by atoms with Crippen LogP contribution < -0.4 is 10.4 Å². The normalized spacial score (nSPS) is 12.3. The minimum absolute atomic E-state index is 0.0727. The van der Waals surface area contributed by atoms with Crippen LogP contribution in [0.1, 0.15) is 0 Å². The monoisotopic (exact) mass is 504 g/mol. The number of H-pyrrole nitrogens is 1. The first kappa shape index (κ1) is 22.3. The number of nitrogens with zero attached hydrogens (tertiary/aromatic N) is 4. The molecule has 9 nitrogen and oxygen atoms in total. The fourth-order valence-corrected chi connectivity index (χ4v) is 5.48. The maximum absolute atomic E-state index is 14.9. The molecule has 0 unspecified atom stereocenters. The molecule has 36 heavy (non-hydrogen) atoms. The molecule has 0 spiro atoms. The molecule has 0 amide bonds. The van der Waals surface area contributed by atoms with Gasteiger partial charge in [0.2, 0.25) is 10.0 Å². The van der Waals surface area contributed by atoms with Gasteiger partial charge in [0, 0.05) is 42.4 Å². The van der Waals surface area contributed by atoms with E-state index in [1.807, 2.05) is 18.2 Å². The van der Waals surface area contributed by atoms with Gasteiger partial charge in [-0.25, -0.2) is 27.3 Å². The van der Waals surface area contributed by atoms with Crippen molar-refractivity contribution in [3.8, 4) is 17.1 Å². The zero-order chi connectivity index (χ0) is 25.4. The number of aryl methyl sites for hydroxylation is 2. The van der Waals surface area contributed by atoms with Gasteiger partial charge in [-0.3, -0.25) is 13.7 Å². The summed E-state index contributed by atoms with van der Waals surface area (Å²) in [5.74, 6) is 0.0300. The summed E-state index contributed by atoms with van der Waals surface area (Å²) in [7, 11) is 1.01. The Morgan fingerprint density at radius 3 is 2.53 bits per heavy atom. The molecule has 3 aromatic heterocycles. The highest BCUT2D eigenvalue weighted by Crippen LogP contribution is 2.35. The molecule has 182 valence electrons. The van der Waals surface area contributed by atoms with E-state index in [1.165, 1.54) is 25.2 Å². The lowest BCUT2D eigenvalue weighted by Crippen LogP contribution is -2.19. The number of aromatic amines is 1. The van der Waals surface area contributed by atoms with Crippen LogP contribution in [-0.2, 0) is 24.1 Å². The van der Waals surface area contributed by atoms with Gasteiger partial charge in [-0.1, -0.05) is 6.07 Å². The van der Waals surface area contributed by atoms with Crippen LogP contribution in [0.3, 0.4) is 0 Å². The third-order valence-electron chi connectivity index (χ3n) is 6.61. The van der Waals surface area contributed by atoms with Crippen molar-refractivity contribution in [3.63, 3.8) is 0 Å². The molecule has 0 saturated carbocycles. The van der Waals surface area contributed by atoms with Gasteiger partial charge in [-0.15, -0.1) is 0 Å². The Morgan fingerprint density at radius 2 is 1.75 bits per heavy atom. The Morgan fingerprint density at radius 1 is 0.972 bits per heavy atom. The largest absolute Gasteiger partial charge is 0.360 e. The molecule has 0 radical (unpaired) electrons.